The third kappa shape index (κ3) is 4.40. The molecule has 0 saturated carbocycles. The molecule has 0 radical (unpaired) electrons. The topological polar surface area (TPSA) is 26.0 Å². The lowest BCUT2D eigenvalue weighted by Gasteiger charge is -1.93. The van der Waals surface area contributed by atoms with Gasteiger partial charge in [0.25, 0.3) is 0 Å². The third-order valence-corrected chi connectivity index (χ3v) is 2.39. The molecule has 1 aromatic rings. The number of hydrogen-bond acceptors (Lipinski definition) is 2. The van der Waals surface area contributed by atoms with Gasteiger partial charge in [0.15, 0.2) is 0 Å². The molecule has 0 saturated heterocycles. The molecule has 1 aromatic heterocycles. The van der Waals surface area contributed by atoms with Crippen LogP contribution in [-0.4, -0.2) is 6.54 Å². The van der Waals surface area contributed by atoms with Crippen molar-refractivity contribution in [3.63, 3.8) is 0 Å². The number of unbranched alkanes of at least 4 members (excludes halogenated alkanes) is 1. The highest BCUT2D eigenvalue weighted by Gasteiger charge is 1.91. The number of hydrogen-bond donors (Lipinski definition) is 1. The third-order valence-electron chi connectivity index (χ3n) is 1.46. The average molecular weight is 192 g/mol. The average Bonchev–Trinajstić information content (AvgIpc) is 2.41. The van der Waals surface area contributed by atoms with Gasteiger partial charge in [0.1, 0.15) is 0 Å². The lowest BCUT2D eigenvalue weighted by Crippen LogP contribution is -1.98. The first-order valence-electron chi connectivity index (χ1n) is 3.66. The summed E-state index contributed by atoms with van der Waals surface area (Å²) in [5.41, 5.74) is 5.37. The summed E-state index contributed by atoms with van der Waals surface area (Å²) in [6, 6.07) is 4.28. The van der Waals surface area contributed by atoms with Gasteiger partial charge in [0, 0.05) is 4.88 Å². The fourth-order valence-electron chi connectivity index (χ4n) is 0.898. The molecule has 0 spiro atoms. The molecular weight excluding hydrogens is 178 g/mol. The van der Waals surface area contributed by atoms with Gasteiger partial charge < -0.3 is 5.73 Å². The zero-order valence-corrected chi connectivity index (χ0v) is 8.09. The zero-order chi connectivity index (χ0) is 7.23. The Bertz CT molecular complexity index is 163. The van der Waals surface area contributed by atoms with E-state index in [0.717, 1.165) is 13.0 Å². The SMILES string of the molecule is Cl.NCCCCc1cccs1. The van der Waals surface area contributed by atoms with E-state index in [9.17, 15) is 0 Å². The molecule has 0 aliphatic heterocycles. The van der Waals surface area contributed by atoms with Crippen molar-refractivity contribution < 1.29 is 0 Å². The Labute approximate surface area is 78.0 Å². The van der Waals surface area contributed by atoms with Crippen molar-refractivity contribution in [2.45, 2.75) is 19.3 Å². The number of thiophene rings is 1. The van der Waals surface area contributed by atoms with E-state index in [2.05, 4.69) is 17.5 Å². The number of rotatable bonds is 4. The molecule has 0 atom stereocenters. The highest BCUT2D eigenvalue weighted by Crippen LogP contribution is 2.11. The first kappa shape index (κ1) is 11.0. The van der Waals surface area contributed by atoms with E-state index in [1.807, 2.05) is 11.3 Å². The molecule has 0 aliphatic rings. The van der Waals surface area contributed by atoms with Crippen LogP contribution in [0.1, 0.15) is 17.7 Å². The van der Waals surface area contributed by atoms with Crippen molar-refractivity contribution in [3.05, 3.63) is 22.4 Å². The summed E-state index contributed by atoms with van der Waals surface area (Å²) in [4.78, 5) is 1.48. The van der Waals surface area contributed by atoms with Crippen LogP contribution >= 0.6 is 23.7 Å². The number of nitrogens with two attached hydrogens (primary N) is 1. The molecule has 0 aliphatic carbocycles. The zero-order valence-electron chi connectivity index (χ0n) is 6.45. The van der Waals surface area contributed by atoms with E-state index >= 15 is 0 Å². The largest absolute Gasteiger partial charge is 0.330 e. The monoisotopic (exact) mass is 191 g/mol. The molecule has 1 heterocycles. The lowest BCUT2D eigenvalue weighted by atomic mass is 10.2. The van der Waals surface area contributed by atoms with E-state index in [-0.39, 0.29) is 12.4 Å². The summed E-state index contributed by atoms with van der Waals surface area (Å²) in [6.07, 6.45) is 3.59. The fourth-order valence-corrected chi connectivity index (χ4v) is 1.65. The molecule has 1 nitrogen and oxygen atoms in total. The summed E-state index contributed by atoms with van der Waals surface area (Å²) in [5.74, 6) is 0. The summed E-state index contributed by atoms with van der Waals surface area (Å²) < 4.78 is 0. The van der Waals surface area contributed by atoms with E-state index in [4.69, 9.17) is 5.73 Å². The van der Waals surface area contributed by atoms with Gasteiger partial charge in [-0.05, 0) is 37.3 Å². The van der Waals surface area contributed by atoms with Crippen LogP contribution in [-0.2, 0) is 6.42 Å². The number of halogens is 1. The van der Waals surface area contributed by atoms with E-state index in [1.165, 1.54) is 17.7 Å². The molecule has 0 bridgehead atoms. The molecule has 11 heavy (non-hydrogen) atoms. The highest BCUT2D eigenvalue weighted by molar-refractivity contribution is 7.09. The molecule has 0 unspecified atom stereocenters. The van der Waals surface area contributed by atoms with Gasteiger partial charge in [0.05, 0.1) is 0 Å². The van der Waals surface area contributed by atoms with Gasteiger partial charge in [-0.2, -0.15) is 0 Å². The molecule has 0 aromatic carbocycles. The highest BCUT2D eigenvalue weighted by atomic mass is 35.5. The Balaban J connectivity index is 0.000001000. The van der Waals surface area contributed by atoms with Gasteiger partial charge >= 0.3 is 0 Å². The maximum atomic E-state index is 5.37. The summed E-state index contributed by atoms with van der Waals surface area (Å²) in [6.45, 7) is 0.825. The quantitative estimate of drug-likeness (QED) is 0.728. The van der Waals surface area contributed by atoms with Crippen LogP contribution in [0, 0.1) is 0 Å². The molecule has 0 fully saturated rings. The minimum Gasteiger partial charge on any atom is -0.330 e. The van der Waals surface area contributed by atoms with Gasteiger partial charge in [-0.25, -0.2) is 0 Å². The second kappa shape index (κ2) is 6.65. The second-order valence-corrected chi connectivity index (χ2v) is 3.36. The fraction of sp³-hybridized carbons (Fsp3) is 0.500. The molecule has 0 amide bonds. The van der Waals surface area contributed by atoms with Crippen molar-refractivity contribution in [3.8, 4) is 0 Å². The maximum absolute atomic E-state index is 5.37. The van der Waals surface area contributed by atoms with E-state index in [0.29, 0.717) is 0 Å². The van der Waals surface area contributed by atoms with E-state index < -0.39 is 0 Å². The smallest absolute Gasteiger partial charge is 0.00452 e. The van der Waals surface area contributed by atoms with Gasteiger partial charge in [-0.15, -0.1) is 23.7 Å². The normalized spacial score (nSPS) is 9.18. The van der Waals surface area contributed by atoms with Crippen LogP contribution in [0.5, 0.6) is 0 Å². The summed E-state index contributed by atoms with van der Waals surface area (Å²) in [5, 5.41) is 2.12. The lowest BCUT2D eigenvalue weighted by molar-refractivity contribution is 0.751. The standard InChI is InChI=1S/C8H13NS.ClH/c9-6-2-1-4-8-5-3-7-10-8;/h3,5,7H,1-2,4,6,9H2;1H. The number of aryl methyl sites for hydroxylation is 1. The van der Waals surface area contributed by atoms with Gasteiger partial charge in [-0.3, -0.25) is 0 Å². The Morgan fingerprint density at radius 1 is 1.36 bits per heavy atom. The Morgan fingerprint density at radius 3 is 2.73 bits per heavy atom. The molecule has 1 rings (SSSR count). The molecular formula is C8H14ClNS. The van der Waals surface area contributed by atoms with Crippen molar-refractivity contribution >= 4 is 23.7 Å². The predicted octanol–water partition coefficient (Wildman–Crippen LogP) is 2.45. The summed E-state index contributed by atoms with van der Waals surface area (Å²) >= 11 is 1.83. The van der Waals surface area contributed by atoms with Crippen LogP contribution < -0.4 is 5.73 Å². The van der Waals surface area contributed by atoms with Crippen LogP contribution in [0.3, 0.4) is 0 Å². The Morgan fingerprint density at radius 2 is 2.18 bits per heavy atom. The van der Waals surface area contributed by atoms with Crippen LogP contribution in [0.15, 0.2) is 17.5 Å². The predicted molar refractivity (Wildman–Crippen MR) is 53.6 cm³/mol. The van der Waals surface area contributed by atoms with Crippen molar-refractivity contribution in [1.82, 2.24) is 0 Å². The van der Waals surface area contributed by atoms with Crippen molar-refractivity contribution in [1.29, 1.82) is 0 Å². The molecule has 3 heteroatoms. The molecule has 64 valence electrons. The van der Waals surface area contributed by atoms with Crippen molar-refractivity contribution in [2.24, 2.45) is 5.73 Å². The first-order valence-corrected chi connectivity index (χ1v) is 4.54. The minimum absolute atomic E-state index is 0. The van der Waals surface area contributed by atoms with Crippen LogP contribution in [0.4, 0.5) is 0 Å². The van der Waals surface area contributed by atoms with Crippen LogP contribution in [0.2, 0.25) is 0 Å². The minimum atomic E-state index is 0. The van der Waals surface area contributed by atoms with Crippen LogP contribution in [0.25, 0.3) is 0 Å². The Kier molecular flexibility index (Phi) is 6.62. The Hall–Kier alpha value is -0.0500. The second-order valence-electron chi connectivity index (χ2n) is 2.33. The van der Waals surface area contributed by atoms with Crippen molar-refractivity contribution in [2.75, 3.05) is 6.54 Å². The van der Waals surface area contributed by atoms with Gasteiger partial charge in [0.2, 0.25) is 0 Å². The summed E-state index contributed by atoms with van der Waals surface area (Å²) in [7, 11) is 0. The van der Waals surface area contributed by atoms with Gasteiger partial charge in [-0.1, -0.05) is 6.07 Å². The maximum Gasteiger partial charge on any atom is 0.00452 e. The van der Waals surface area contributed by atoms with E-state index in [1.54, 1.807) is 0 Å². The molecule has 2 N–H and O–H groups in total. The first-order chi connectivity index (χ1) is 4.93.